The number of H-pyrrole nitrogens is 1. The predicted molar refractivity (Wildman–Crippen MR) is 92.6 cm³/mol. The summed E-state index contributed by atoms with van der Waals surface area (Å²) in [6.45, 7) is 0.943. The lowest BCUT2D eigenvalue weighted by Gasteiger charge is -2.29. The van der Waals surface area contributed by atoms with E-state index in [4.69, 9.17) is 4.74 Å². The number of para-hydroxylation sites is 3. The number of benzene rings is 2. The molecule has 0 saturated heterocycles. The molecule has 24 heavy (non-hydrogen) atoms. The van der Waals surface area contributed by atoms with Crippen molar-refractivity contribution in [2.24, 2.45) is 0 Å². The van der Waals surface area contributed by atoms with E-state index in [0.717, 1.165) is 16.6 Å². The van der Waals surface area contributed by atoms with E-state index in [-0.39, 0.29) is 17.9 Å². The van der Waals surface area contributed by atoms with Gasteiger partial charge in [0, 0.05) is 11.1 Å². The Morgan fingerprint density at radius 3 is 2.83 bits per heavy atom. The molecule has 3 aromatic rings. The summed E-state index contributed by atoms with van der Waals surface area (Å²) in [6, 6.07) is 16.8. The molecule has 0 radical (unpaired) electrons. The SMILES string of the molecule is O=C(Cc1cc2ccccc2[nH]c1=O)N1CCOc2ccccc21. The number of hydrogen-bond donors (Lipinski definition) is 1. The number of ether oxygens (including phenoxy) is 1. The van der Waals surface area contributed by atoms with Gasteiger partial charge in [-0.2, -0.15) is 0 Å². The molecule has 2 aromatic carbocycles. The topological polar surface area (TPSA) is 62.4 Å². The molecule has 0 spiro atoms. The fourth-order valence-corrected chi connectivity index (χ4v) is 3.01. The van der Waals surface area contributed by atoms with Gasteiger partial charge in [-0.1, -0.05) is 30.3 Å². The maximum absolute atomic E-state index is 12.7. The number of nitrogens with one attached hydrogen (secondary N) is 1. The van der Waals surface area contributed by atoms with Gasteiger partial charge in [0.05, 0.1) is 18.7 Å². The monoisotopic (exact) mass is 320 g/mol. The second-order valence-corrected chi connectivity index (χ2v) is 5.75. The summed E-state index contributed by atoms with van der Waals surface area (Å²) in [5.74, 6) is 0.594. The Morgan fingerprint density at radius 2 is 1.92 bits per heavy atom. The standard InChI is InChI=1S/C19H16N2O3/c22-18(21-9-10-24-17-8-4-3-7-16(17)21)12-14-11-13-5-1-2-6-15(13)20-19(14)23/h1-8,11H,9-10,12H2,(H,20,23). The minimum atomic E-state index is -0.219. The number of rotatable bonds is 2. The third-order valence-electron chi connectivity index (χ3n) is 4.20. The fourth-order valence-electron chi connectivity index (χ4n) is 3.01. The number of hydrogen-bond acceptors (Lipinski definition) is 3. The number of fused-ring (bicyclic) bond motifs is 2. The molecule has 120 valence electrons. The maximum Gasteiger partial charge on any atom is 0.252 e. The van der Waals surface area contributed by atoms with E-state index >= 15 is 0 Å². The second kappa shape index (κ2) is 5.85. The maximum atomic E-state index is 12.7. The van der Waals surface area contributed by atoms with E-state index in [2.05, 4.69) is 4.98 Å². The van der Waals surface area contributed by atoms with Crippen LogP contribution < -0.4 is 15.2 Å². The number of aromatic nitrogens is 1. The van der Waals surface area contributed by atoms with Crippen LogP contribution in [0.4, 0.5) is 5.69 Å². The minimum Gasteiger partial charge on any atom is -0.490 e. The van der Waals surface area contributed by atoms with Crippen LogP contribution in [0, 0.1) is 0 Å². The molecular formula is C19H16N2O3. The van der Waals surface area contributed by atoms with Crippen LogP contribution in [0.25, 0.3) is 10.9 Å². The summed E-state index contributed by atoms with van der Waals surface area (Å²) in [6.07, 6.45) is 0.0640. The van der Waals surface area contributed by atoms with Crippen LogP contribution in [0.3, 0.4) is 0 Å². The van der Waals surface area contributed by atoms with Gasteiger partial charge in [0.1, 0.15) is 12.4 Å². The van der Waals surface area contributed by atoms with Gasteiger partial charge in [-0.25, -0.2) is 0 Å². The second-order valence-electron chi connectivity index (χ2n) is 5.75. The number of carbonyl (C=O) groups excluding carboxylic acids is 1. The van der Waals surface area contributed by atoms with Gasteiger partial charge in [0.2, 0.25) is 5.91 Å². The largest absolute Gasteiger partial charge is 0.490 e. The van der Waals surface area contributed by atoms with E-state index in [1.54, 1.807) is 11.0 Å². The van der Waals surface area contributed by atoms with Gasteiger partial charge in [-0.3, -0.25) is 9.59 Å². The zero-order valence-electron chi connectivity index (χ0n) is 13.0. The zero-order chi connectivity index (χ0) is 16.5. The summed E-state index contributed by atoms with van der Waals surface area (Å²) in [5.41, 5.74) is 1.78. The first-order valence-electron chi connectivity index (χ1n) is 7.85. The van der Waals surface area contributed by atoms with Gasteiger partial charge in [0.15, 0.2) is 0 Å². The lowest BCUT2D eigenvalue weighted by Crippen LogP contribution is -2.39. The van der Waals surface area contributed by atoms with Crippen molar-refractivity contribution >= 4 is 22.5 Å². The van der Waals surface area contributed by atoms with Gasteiger partial charge < -0.3 is 14.6 Å². The summed E-state index contributed by atoms with van der Waals surface area (Å²) in [7, 11) is 0. The van der Waals surface area contributed by atoms with Crippen molar-refractivity contribution in [1.82, 2.24) is 4.98 Å². The average molecular weight is 320 g/mol. The minimum absolute atomic E-state index is 0.0640. The van der Waals surface area contributed by atoms with Crippen LogP contribution in [0.1, 0.15) is 5.56 Å². The highest BCUT2D eigenvalue weighted by atomic mass is 16.5. The third-order valence-corrected chi connectivity index (χ3v) is 4.20. The van der Waals surface area contributed by atoms with Crippen molar-refractivity contribution in [3.8, 4) is 5.75 Å². The first-order chi connectivity index (χ1) is 11.7. The van der Waals surface area contributed by atoms with Crippen LogP contribution in [-0.2, 0) is 11.2 Å². The van der Waals surface area contributed by atoms with Crippen molar-refractivity contribution in [2.45, 2.75) is 6.42 Å². The van der Waals surface area contributed by atoms with Crippen molar-refractivity contribution in [3.05, 3.63) is 70.5 Å². The molecule has 0 bridgehead atoms. The predicted octanol–water partition coefficient (Wildman–Crippen LogP) is 2.50. The van der Waals surface area contributed by atoms with E-state index in [9.17, 15) is 9.59 Å². The van der Waals surface area contributed by atoms with Crippen LogP contribution >= 0.6 is 0 Å². The van der Waals surface area contributed by atoms with E-state index < -0.39 is 0 Å². The molecule has 0 aliphatic carbocycles. The molecule has 0 fully saturated rings. The van der Waals surface area contributed by atoms with Gasteiger partial charge >= 0.3 is 0 Å². The third kappa shape index (κ3) is 2.54. The lowest BCUT2D eigenvalue weighted by atomic mass is 10.1. The molecule has 1 N–H and O–H groups in total. The zero-order valence-corrected chi connectivity index (χ0v) is 13.0. The molecule has 5 nitrogen and oxygen atoms in total. The van der Waals surface area contributed by atoms with Gasteiger partial charge in [0.25, 0.3) is 5.56 Å². The molecule has 4 rings (SSSR count). The van der Waals surface area contributed by atoms with Gasteiger partial charge in [-0.05, 0) is 29.7 Å². The Labute approximate surface area is 138 Å². The highest BCUT2D eigenvalue weighted by Gasteiger charge is 2.24. The quantitative estimate of drug-likeness (QED) is 0.789. The molecule has 1 amide bonds. The Balaban J connectivity index is 1.66. The molecule has 0 atom stereocenters. The number of anilines is 1. The van der Waals surface area contributed by atoms with E-state index in [0.29, 0.717) is 24.5 Å². The van der Waals surface area contributed by atoms with E-state index in [1.807, 2.05) is 48.5 Å². The molecule has 0 unspecified atom stereocenters. The van der Waals surface area contributed by atoms with Crippen LogP contribution in [0.2, 0.25) is 0 Å². The van der Waals surface area contributed by atoms with Crippen LogP contribution in [0.15, 0.2) is 59.4 Å². The summed E-state index contributed by atoms with van der Waals surface area (Å²) in [5, 5.41) is 0.919. The van der Waals surface area contributed by atoms with Gasteiger partial charge in [-0.15, -0.1) is 0 Å². The van der Waals surface area contributed by atoms with Crippen molar-refractivity contribution < 1.29 is 9.53 Å². The van der Waals surface area contributed by atoms with Crippen LogP contribution in [-0.4, -0.2) is 24.0 Å². The molecule has 1 aliphatic rings. The van der Waals surface area contributed by atoms with Crippen molar-refractivity contribution in [1.29, 1.82) is 0 Å². The lowest BCUT2D eigenvalue weighted by molar-refractivity contribution is -0.118. The summed E-state index contributed by atoms with van der Waals surface area (Å²) in [4.78, 5) is 29.5. The fraction of sp³-hybridized carbons (Fsp3) is 0.158. The van der Waals surface area contributed by atoms with E-state index in [1.165, 1.54) is 0 Å². The molecular weight excluding hydrogens is 304 g/mol. The molecule has 5 heteroatoms. The number of carbonyl (C=O) groups is 1. The molecule has 2 heterocycles. The van der Waals surface area contributed by atoms with Crippen molar-refractivity contribution in [2.75, 3.05) is 18.1 Å². The van der Waals surface area contributed by atoms with Crippen LogP contribution in [0.5, 0.6) is 5.75 Å². The number of nitrogens with zero attached hydrogens (tertiary/aromatic N) is 1. The Bertz CT molecular complexity index is 978. The first kappa shape index (κ1) is 14.5. The highest BCUT2D eigenvalue weighted by Crippen LogP contribution is 2.31. The number of amides is 1. The molecule has 0 saturated carbocycles. The Morgan fingerprint density at radius 1 is 1.12 bits per heavy atom. The Kier molecular flexibility index (Phi) is 3.54. The number of pyridine rings is 1. The molecule has 1 aromatic heterocycles. The highest BCUT2D eigenvalue weighted by molar-refractivity contribution is 5.97. The molecule has 1 aliphatic heterocycles. The Hall–Kier alpha value is -3.08. The normalized spacial score (nSPS) is 13.4. The smallest absolute Gasteiger partial charge is 0.252 e. The number of aromatic amines is 1. The summed E-state index contributed by atoms with van der Waals surface area (Å²) >= 11 is 0. The first-order valence-corrected chi connectivity index (χ1v) is 7.85. The average Bonchev–Trinajstić information content (AvgIpc) is 2.62. The van der Waals surface area contributed by atoms with Crippen molar-refractivity contribution in [3.63, 3.8) is 0 Å². The summed E-state index contributed by atoms with van der Waals surface area (Å²) < 4.78 is 5.57.